The fourth-order valence-corrected chi connectivity index (χ4v) is 9.18. The summed E-state index contributed by atoms with van der Waals surface area (Å²) in [5, 5.41) is 4.31. The zero-order valence-electron chi connectivity index (χ0n) is 25.6. The van der Waals surface area contributed by atoms with Crippen molar-refractivity contribution >= 4 is 33.8 Å². The van der Waals surface area contributed by atoms with Gasteiger partial charge in [0.15, 0.2) is 7.14 Å². The molecule has 0 saturated carbocycles. The third-order valence-electron chi connectivity index (χ3n) is 8.39. The molecule has 6 aromatic carbocycles. The van der Waals surface area contributed by atoms with E-state index in [1.54, 1.807) is 0 Å². The van der Waals surface area contributed by atoms with Gasteiger partial charge in [0.25, 0.3) is 0 Å². The molecular weight excluding hydrogens is 503 g/mol. The van der Waals surface area contributed by atoms with Crippen molar-refractivity contribution in [1.82, 2.24) is 0 Å². The highest BCUT2D eigenvalue weighted by Gasteiger charge is 2.35. The average Bonchev–Trinajstić information content (AvgIpc) is 3.03. The quantitative estimate of drug-likeness (QED) is 0.206. The fraction of sp³-hybridized carbons (Fsp3) is 0.105. The molecular formula is C38H31OP. The van der Waals surface area contributed by atoms with Crippen molar-refractivity contribution < 1.29 is 8.68 Å². The summed E-state index contributed by atoms with van der Waals surface area (Å²) in [6.07, 6.45) is 0. The first-order valence-electron chi connectivity index (χ1n) is 15.1. The number of fused-ring (bicyclic) bond motifs is 2. The molecule has 0 fully saturated rings. The summed E-state index contributed by atoms with van der Waals surface area (Å²) in [5.41, 5.74) is 5.57. The van der Waals surface area contributed by atoms with Crippen LogP contribution in [0.4, 0.5) is 0 Å². The van der Waals surface area contributed by atoms with Gasteiger partial charge in [-0.15, -0.1) is 0 Å². The topological polar surface area (TPSA) is 17.1 Å². The third kappa shape index (κ3) is 3.58. The summed E-state index contributed by atoms with van der Waals surface area (Å²) in [5.74, 6) is 0. The maximum Gasteiger partial charge on any atom is 0.171 e. The summed E-state index contributed by atoms with van der Waals surface area (Å²) in [6.45, 7) is 1.71. The minimum absolute atomic E-state index is 0.762. The molecule has 0 N–H and O–H groups in total. The monoisotopic (exact) mass is 537 g/mol. The molecule has 0 aliphatic heterocycles. The van der Waals surface area contributed by atoms with Crippen LogP contribution in [0.25, 0.3) is 33.0 Å². The smallest absolute Gasteiger partial charge is 0.171 e. The Bertz CT molecular complexity index is 2020. The van der Waals surface area contributed by atoms with Crippen LogP contribution < -0.4 is 15.9 Å². The number of benzene rings is 6. The van der Waals surface area contributed by atoms with E-state index in [0.717, 1.165) is 65.6 Å². The molecule has 6 aromatic rings. The second-order valence-corrected chi connectivity index (χ2v) is 13.6. The summed E-state index contributed by atoms with van der Waals surface area (Å²) < 4.78 is 41.2. The van der Waals surface area contributed by atoms with E-state index in [1.165, 1.54) is 0 Å². The summed E-state index contributed by atoms with van der Waals surface area (Å²) in [7, 11) is -3.17. The van der Waals surface area contributed by atoms with Crippen LogP contribution in [0.1, 0.15) is 34.6 Å². The molecule has 2 heteroatoms. The number of hydrogen-bond acceptors (Lipinski definition) is 1. The number of rotatable bonds is 4. The summed E-state index contributed by atoms with van der Waals surface area (Å²) in [4.78, 5) is 0. The Morgan fingerprint density at radius 2 is 1.23 bits per heavy atom. The van der Waals surface area contributed by atoms with Crippen molar-refractivity contribution in [2.75, 3.05) is 0 Å². The lowest BCUT2D eigenvalue weighted by Gasteiger charge is -2.36. The molecule has 0 saturated heterocycles. The minimum atomic E-state index is -3.17. The highest BCUT2D eigenvalue weighted by atomic mass is 31.2. The van der Waals surface area contributed by atoms with Crippen molar-refractivity contribution in [2.24, 2.45) is 0 Å². The van der Waals surface area contributed by atoms with Gasteiger partial charge in [-0.1, -0.05) is 141 Å². The average molecular weight is 538 g/mol. The van der Waals surface area contributed by atoms with Crippen LogP contribution in [0.15, 0.2) is 133 Å². The largest absolute Gasteiger partial charge is 0.309 e. The van der Waals surface area contributed by atoms with Crippen LogP contribution in [-0.2, 0) is 9.98 Å². The highest BCUT2D eigenvalue weighted by Crippen LogP contribution is 2.51. The molecule has 1 unspecified atom stereocenters. The van der Waals surface area contributed by atoms with E-state index in [0.29, 0.717) is 0 Å². The van der Waals surface area contributed by atoms with E-state index >= 15 is 4.57 Å². The molecule has 40 heavy (non-hydrogen) atoms. The first-order valence-corrected chi connectivity index (χ1v) is 15.4. The summed E-state index contributed by atoms with van der Waals surface area (Å²) >= 11 is 0. The van der Waals surface area contributed by atoms with Gasteiger partial charge in [-0.05, 0) is 62.7 Å². The maximum atomic E-state index is 15.2. The predicted molar refractivity (Wildman–Crippen MR) is 171 cm³/mol. The lowest BCUT2D eigenvalue weighted by Crippen LogP contribution is -2.25. The van der Waals surface area contributed by atoms with Crippen LogP contribution >= 0.6 is 7.14 Å². The van der Waals surface area contributed by atoms with E-state index in [-0.39, 0.29) is 0 Å². The Kier molecular flexibility index (Phi) is 4.96. The van der Waals surface area contributed by atoms with Crippen LogP contribution in [-0.4, -0.2) is 0 Å². The second kappa shape index (κ2) is 9.19. The molecule has 1 aliphatic carbocycles. The number of aryl methyl sites for hydroxylation is 1. The third-order valence-corrected chi connectivity index (χ3v) is 11.5. The van der Waals surface area contributed by atoms with Gasteiger partial charge in [0, 0.05) is 25.4 Å². The molecule has 1 atom stereocenters. The van der Waals surface area contributed by atoms with Crippen molar-refractivity contribution in [3.63, 3.8) is 0 Å². The first kappa shape index (κ1) is 21.6. The Labute approximate surface area is 240 Å². The first-order chi connectivity index (χ1) is 20.7. The minimum Gasteiger partial charge on any atom is -0.309 e. The predicted octanol–water partition coefficient (Wildman–Crippen LogP) is 8.76. The van der Waals surface area contributed by atoms with Crippen molar-refractivity contribution in [3.8, 4) is 22.3 Å². The summed E-state index contributed by atoms with van der Waals surface area (Å²) in [6, 6.07) is 43.6. The molecule has 0 aromatic heterocycles. The standard InChI is InChI=1S/C38H31OP/c1-26-24-33(31-21-13-23-35-37(31)36(26)32-20-10-11-22-34(32)38(35,2)3)27-14-12-19-30(25-27)40(39,28-15-6-4-7-16-28)29-17-8-5-9-18-29/h4-25H,1-3H3/i2D3. The van der Waals surface area contributed by atoms with Gasteiger partial charge in [-0.2, -0.15) is 0 Å². The second-order valence-electron chi connectivity index (χ2n) is 10.8. The molecule has 194 valence electrons. The SMILES string of the molecule is [2H]C([2H])([2H])C1(C)c2ccccc2-c2c(C)cc(-c3cccc(P(=O)(c4ccccc4)c4ccccc4)c3)c3cccc1c23. The maximum absolute atomic E-state index is 15.2. The van der Waals surface area contributed by atoms with Crippen LogP contribution in [0.5, 0.6) is 0 Å². The Morgan fingerprint density at radius 3 is 1.93 bits per heavy atom. The Balaban J connectivity index is 1.52. The zero-order valence-corrected chi connectivity index (χ0v) is 23.5. The van der Waals surface area contributed by atoms with E-state index in [1.807, 2.05) is 116 Å². The van der Waals surface area contributed by atoms with Crippen molar-refractivity contribution in [3.05, 3.63) is 150 Å². The normalized spacial score (nSPS) is 17.5. The molecule has 7 rings (SSSR count). The van der Waals surface area contributed by atoms with E-state index in [9.17, 15) is 0 Å². The molecule has 0 amide bonds. The van der Waals surface area contributed by atoms with Crippen LogP contribution in [0.2, 0.25) is 0 Å². The molecule has 0 spiro atoms. The van der Waals surface area contributed by atoms with E-state index < -0.39 is 19.4 Å². The lowest BCUT2D eigenvalue weighted by atomic mass is 9.67. The molecule has 0 radical (unpaired) electrons. The Hall–Kier alpha value is -4.19. The fourth-order valence-electron chi connectivity index (χ4n) is 6.49. The van der Waals surface area contributed by atoms with E-state index in [4.69, 9.17) is 4.11 Å². The van der Waals surface area contributed by atoms with Gasteiger partial charge in [-0.3, -0.25) is 0 Å². The lowest BCUT2D eigenvalue weighted by molar-refractivity contribution is 0.592. The number of hydrogen-bond donors (Lipinski definition) is 0. The van der Waals surface area contributed by atoms with Gasteiger partial charge >= 0.3 is 0 Å². The van der Waals surface area contributed by atoms with Gasteiger partial charge in [-0.25, -0.2) is 0 Å². The zero-order chi connectivity index (χ0) is 30.0. The van der Waals surface area contributed by atoms with Crippen molar-refractivity contribution in [1.29, 1.82) is 0 Å². The van der Waals surface area contributed by atoms with Gasteiger partial charge < -0.3 is 4.57 Å². The van der Waals surface area contributed by atoms with E-state index in [2.05, 4.69) is 31.2 Å². The molecule has 0 bridgehead atoms. The molecule has 0 heterocycles. The van der Waals surface area contributed by atoms with Crippen molar-refractivity contribution in [2.45, 2.75) is 26.1 Å². The highest BCUT2D eigenvalue weighted by molar-refractivity contribution is 7.85. The van der Waals surface area contributed by atoms with Gasteiger partial charge in [0.1, 0.15) is 0 Å². The van der Waals surface area contributed by atoms with Crippen LogP contribution in [0.3, 0.4) is 0 Å². The molecule has 1 aliphatic rings. The van der Waals surface area contributed by atoms with Crippen LogP contribution in [0, 0.1) is 6.92 Å². The van der Waals surface area contributed by atoms with Gasteiger partial charge in [0.05, 0.1) is 0 Å². The Morgan fingerprint density at radius 1 is 0.625 bits per heavy atom. The molecule has 1 nitrogen and oxygen atoms in total. The van der Waals surface area contributed by atoms with Gasteiger partial charge in [0.2, 0.25) is 0 Å².